The molecule has 154 valence electrons. The van der Waals surface area contributed by atoms with Crippen molar-refractivity contribution in [3.05, 3.63) is 35.2 Å². The van der Waals surface area contributed by atoms with Crippen molar-refractivity contribution in [2.24, 2.45) is 0 Å². The molecule has 1 aromatic carbocycles. The number of phenols is 1. The van der Waals surface area contributed by atoms with Gasteiger partial charge in [0.05, 0.1) is 12.0 Å². The third kappa shape index (κ3) is 4.78. The van der Waals surface area contributed by atoms with E-state index in [1.807, 2.05) is 18.2 Å². The van der Waals surface area contributed by atoms with Crippen LogP contribution >= 0.6 is 23.7 Å². The van der Waals surface area contributed by atoms with Crippen molar-refractivity contribution in [1.82, 2.24) is 10.2 Å². The molecule has 1 aromatic heterocycles. The second kappa shape index (κ2) is 9.60. The SMILES string of the molecule is COc1cc(-c2ccc(C(=O)NCC3(N(C)C)CCOCC3)s2)ccc1O.Cl. The van der Waals surface area contributed by atoms with E-state index in [1.54, 1.807) is 12.1 Å². The zero-order chi connectivity index (χ0) is 19.4. The molecule has 1 saturated heterocycles. The van der Waals surface area contributed by atoms with E-state index in [4.69, 9.17) is 9.47 Å². The summed E-state index contributed by atoms with van der Waals surface area (Å²) in [6.07, 6.45) is 1.81. The van der Waals surface area contributed by atoms with E-state index in [0.717, 1.165) is 36.5 Å². The zero-order valence-corrected chi connectivity index (χ0v) is 18.0. The second-order valence-electron chi connectivity index (χ2n) is 6.96. The van der Waals surface area contributed by atoms with Gasteiger partial charge in [0.2, 0.25) is 0 Å². The van der Waals surface area contributed by atoms with Crippen LogP contribution in [0.1, 0.15) is 22.5 Å². The lowest BCUT2D eigenvalue weighted by atomic mass is 9.88. The highest BCUT2D eigenvalue weighted by Crippen LogP contribution is 2.35. The molecule has 1 aliphatic rings. The van der Waals surface area contributed by atoms with E-state index in [0.29, 0.717) is 17.2 Å². The Hall–Kier alpha value is -1.80. The Morgan fingerprint density at radius 3 is 2.64 bits per heavy atom. The van der Waals surface area contributed by atoms with Gasteiger partial charge < -0.3 is 24.8 Å². The molecule has 0 unspecified atom stereocenters. The number of rotatable bonds is 6. The maximum absolute atomic E-state index is 12.7. The highest BCUT2D eigenvalue weighted by molar-refractivity contribution is 7.17. The lowest BCUT2D eigenvalue weighted by Crippen LogP contribution is -2.55. The molecule has 0 radical (unpaired) electrons. The van der Waals surface area contributed by atoms with Gasteiger partial charge in [0.15, 0.2) is 11.5 Å². The Morgan fingerprint density at radius 2 is 2.00 bits per heavy atom. The van der Waals surface area contributed by atoms with Crippen molar-refractivity contribution in [1.29, 1.82) is 0 Å². The summed E-state index contributed by atoms with van der Waals surface area (Å²) in [7, 11) is 5.63. The number of carbonyl (C=O) groups excluding carboxylic acids is 1. The van der Waals surface area contributed by atoms with Gasteiger partial charge in [0.25, 0.3) is 5.91 Å². The van der Waals surface area contributed by atoms with Crippen molar-refractivity contribution in [3.8, 4) is 21.9 Å². The molecular weight excluding hydrogens is 400 g/mol. The molecule has 0 atom stereocenters. The number of benzene rings is 1. The molecule has 2 N–H and O–H groups in total. The fourth-order valence-corrected chi connectivity index (χ4v) is 4.23. The molecule has 28 heavy (non-hydrogen) atoms. The van der Waals surface area contributed by atoms with Crippen LogP contribution in [0.2, 0.25) is 0 Å². The van der Waals surface area contributed by atoms with E-state index in [2.05, 4.69) is 24.3 Å². The number of thiophene rings is 1. The molecule has 0 spiro atoms. The summed E-state index contributed by atoms with van der Waals surface area (Å²) in [5, 5.41) is 12.8. The Bertz CT molecular complexity index is 803. The van der Waals surface area contributed by atoms with Gasteiger partial charge in [-0.25, -0.2) is 0 Å². The van der Waals surface area contributed by atoms with E-state index in [1.165, 1.54) is 18.4 Å². The lowest BCUT2D eigenvalue weighted by molar-refractivity contribution is -0.00656. The van der Waals surface area contributed by atoms with Gasteiger partial charge in [0.1, 0.15) is 0 Å². The van der Waals surface area contributed by atoms with E-state index < -0.39 is 0 Å². The van der Waals surface area contributed by atoms with Gasteiger partial charge in [-0.15, -0.1) is 23.7 Å². The maximum Gasteiger partial charge on any atom is 0.261 e. The topological polar surface area (TPSA) is 71.0 Å². The Kier molecular flexibility index (Phi) is 7.71. The molecule has 6 nitrogen and oxygen atoms in total. The number of aromatic hydroxyl groups is 1. The smallest absolute Gasteiger partial charge is 0.261 e. The predicted molar refractivity (Wildman–Crippen MR) is 114 cm³/mol. The molecule has 2 aromatic rings. The fourth-order valence-electron chi connectivity index (χ4n) is 3.31. The fraction of sp³-hybridized carbons (Fsp3) is 0.450. The van der Waals surface area contributed by atoms with Crippen LogP contribution in [0.25, 0.3) is 10.4 Å². The molecular formula is C20H27ClN2O4S. The number of likely N-dealkylation sites (N-methyl/N-ethyl adjacent to an activating group) is 1. The third-order valence-corrected chi connectivity index (χ3v) is 6.38. The van der Waals surface area contributed by atoms with Gasteiger partial charge >= 0.3 is 0 Å². The maximum atomic E-state index is 12.7. The van der Waals surface area contributed by atoms with Crippen LogP contribution in [0, 0.1) is 0 Å². The highest BCUT2D eigenvalue weighted by atomic mass is 35.5. The van der Waals surface area contributed by atoms with E-state index >= 15 is 0 Å². The summed E-state index contributed by atoms with van der Waals surface area (Å²) >= 11 is 1.43. The number of methoxy groups -OCH3 is 1. The molecule has 1 fully saturated rings. The summed E-state index contributed by atoms with van der Waals surface area (Å²) in [5.74, 6) is 0.449. The van der Waals surface area contributed by atoms with Crippen LogP contribution in [-0.4, -0.2) is 62.4 Å². The van der Waals surface area contributed by atoms with Crippen LogP contribution in [0.3, 0.4) is 0 Å². The normalized spacial score (nSPS) is 15.7. The number of ether oxygens (including phenoxy) is 2. The van der Waals surface area contributed by atoms with Crippen molar-refractivity contribution in [2.75, 3.05) is 41.0 Å². The second-order valence-corrected chi connectivity index (χ2v) is 8.05. The monoisotopic (exact) mass is 426 g/mol. The van der Waals surface area contributed by atoms with Crippen LogP contribution in [-0.2, 0) is 4.74 Å². The molecule has 0 aliphatic carbocycles. The first-order chi connectivity index (χ1) is 12.9. The van der Waals surface area contributed by atoms with Gasteiger partial charge in [-0.1, -0.05) is 0 Å². The average molecular weight is 427 g/mol. The van der Waals surface area contributed by atoms with Crippen molar-refractivity contribution < 1.29 is 19.4 Å². The first-order valence-electron chi connectivity index (χ1n) is 8.96. The minimum Gasteiger partial charge on any atom is -0.504 e. The molecule has 8 heteroatoms. The predicted octanol–water partition coefficient (Wildman–Crippen LogP) is 3.39. The van der Waals surface area contributed by atoms with E-state index in [-0.39, 0.29) is 29.6 Å². The molecule has 1 amide bonds. The Labute approximate surface area is 175 Å². The van der Waals surface area contributed by atoms with Gasteiger partial charge in [0, 0.05) is 30.2 Å². The summed E-state index contributed by atoms with van der Waals surface area (Å²) in [4.78, 5) is 16.5. The van der Waals surface area contributed by atoms with Crippen LogP contribution in [0.5, 0.6) is 11.5 Å². The van der Waals surface area contributed by atoms with Crippen LogP contribution in [0.4, 0.5) is 0 Å². The number of nitrogens with zero attached hydrogens (tertiary/aromatic N) is 1. The molecule has 0 bridgehead atoms. The summed E-state index contributed by atoms with van der Waals surface area (Å²) in [6.45, 7) is 2.04. The first kappa shape index (κ1) is 22.5. The highest BCUT2D eigenvalue weighted by Gasteiger charge is 2.35. The number of carbonyl (C=O) groups is 1. The molecule has 1 aliphatic heterocycles. The number of amides is 1. The third-order valence-electron chi connectivity index (χ3n) is 5.24. The number of hydrogen-bond donors (Lipinski definition) is 2. The van der Waals surface area contributed by atoms with Gasteiger partial charge in [-0.3, -0.25) is 4.79 Å². The van der Waals surface area contributed by atoms with Crippen molar-refractivity contribution in [2.45, 2.75) is 18.4 Å². The van der Waals surface area contributed by atoms with Crippen molar-refractivity contribution >= 4 is 29.7 Å². The minimum absolute atomic E-state index is 0. The summed E-state index contributed by atoms with van der Waals surface area (Å²) in [5.41, 5.74) is 0.848. The van der Waals surface area contributed by atoms with Crippen LogP contribution < -0.4 is 10.1 Å². The van der Waals surface area contributed by atoms with Crippen LogP contribution in [0.15, 0.2) is 30.3 Å². The quantitative estimate of drug-likeness (QED) is 0.740. The standard InChI is InChI=1S/C20H26N2O4S.ClH/c1-22(2)20(8-10-26-11-9-20)13-21-19(24)18-7-6-17(27-18)14-4-5-15(23)16(12-14)25-3;/h4-7,12,23H,8-11,13H2,1-3H3,(H,21,24);1H. The van der Waals surface area contributed by atoms with Gasteiger partial charge in [-0.05, 0) is 62.8 Å². The average Bonchev–Trinajstić information content (AvgIpc) is 3.17. The molecule has 2 heterocycles. The summed E-state index contributed by atoms with van der Waals surface area (Å²) in [6, 6.07) is 8.93. The number of hydrogen-bond acceptors (Lipinski definition) is 6. The van der Waals surface area contributed by atoms with E-state index in [9.17, 15) is 9.90 Å². The number of halogens is 1. The summed E-state index contributed by atoms with van der Waals surface area (Å²) < 4.78 is 10.6. The largest absolute Gasteiger partial charge is 0.504 e. The molecule has 0 saturated carbocycles. The molecule has 3 rings (SSSR count). The number of nitrogens with one attached hydrogen (secondary N) is 1. The van der Waals surface area contributed by atoms with Crippen molar-refractivity contribution in [3.63, 3.8) is 0 Å². The zero-order valence-electron chi connectivity index (χ0n) is 16.4. The number of phenolic OH excluding ortho intramolecular Hbond substituents is 1. The minimum atomic E-state index is -0.0651. The Balaban J connectivity index is 0.00000280. The Morgan fingerprint density at radius 1 is 1.29 bits per heavy atom. The lowest BCUT2D eigenvalue weighted by Gasteiger charge is -2.42. The first-order valence-corrected chi connectivity index (χ1v) is 9.77. The van der Waals surface area contributed by atoms with Gasteiger partial charge in [-0.2, -0.15) is 0 Å².